The second kappa shape index (κ2) is 6.05. The Balaban J connectivity index is 1.62. The summed E-state index contributed by atoms with van der Waals surface area (Å²) in [6.45, 7) is 1.09. The standard InChI is InChI=1S/C15H18N4O3/c1-22-14(20)11-5-8-18(9-6-11)15(21)17-13-10-16-12-4-2-3-7-19(12)13/h2-4,7,10-11H,5-6,8-9H2,1H3,(H,17,21). The first kappa shape index (κ1) is 14.4. The molecule has 7 heteroatoms. The van der Waals surface area contributed by atoms with Gasteiger partial charge in [-0.3, -0.25) is 14.5 Å². The summed E-state index contributed by atoms with van der Waals surface area (Å²) in [6, 6.07) is 5.48. The van der Waals surface area contributed by atoms with Crippen molar-refractivity contribution in [2.75, 3.05) is 25.5 Å². The molecule has 2 amide bonds. The molecule has 2 aromatic rings. The second-order valence-electron chi connectivity index (χ2n) is 5.29. The Morgan fingerprint density at radius 2 is 2.09 bits per heavy atom. The van der Waals surface area contributed by atoms with Crippen molar-refractivity contribution in [1.82, 2.24) is 14.3 Å². The summed E-state index contributed by atoms with van der Waals surface area (Å²) >= 11 is 0. The third-order valence-corrected chi connectivity index (χ3v) is 3.97. The molecule has 0 atom stereocenters. The van der Waals surface area contributed by atoms with Gasteiger partial charge in [-0.2, -0.15) is 0 Å². The minimum atomic E-state index is -0.193. The van der Waals surface area contributed by atoms with Gasteiger partial charge in [0.25, 0.3) is 0 Å². The van der Waals surface area contributed by atoms with Gasteiger partial charge >= 0.3 is 12.0 Å². The molecule has 1 saturated heterocycles. The highest BCUT2D eigenvalue weighted by atomic mass is 16.5. The zero-order valence-corrected chi connectivity index (χ0v) is 12.4. The number of anilines is 1. The van der Waals surface area contributed by atoms with E-state index in [1.807, 2.05) is 28.8 Å². The number of methoxy groups -OCH3 is 1. The maximum atomic E-state index is 12.3. The van der Waals surface area contributed by atoms with Gasteiger partial charge in [0, 0.05) is 19.3 Å². The summed E-state index contributed by atoms with van der Waals surface area (Å²) in [4.78, 5) is 29.7. The topological polar surface area (TPSA) is 75.9 Å². The summed E-state index contributed by atoms with van der Waals surface area (Å²) < 4.78 is 6.57. The van der Waals surface area contributed by atoms with Crippen LogP contribution in [-0.4, -0.2) is 46.5 Å². The molecule has 7 nitrogen and oxygen atoms in total. The van der Waals surface area contributed by atoms with Crippen molar-refractivity contribution in [3.63, 3.8) is 0 Å². The van der Waals surface area contributed by atoms with Gasteiger partial charge in [0.15, 0.2) is 0 Å². The molecule has 1 aliphatic rings. The molecule has 1 N–H and O–H groups in total. The summed E-state index contributed by atoms with van der Waals surface area (Å²) in [6.07, 6.45) is 4.75. The van der Waals surface area contributed by atoms with E-state index in [-0.39, 0.29) is 17.9 Å². The van der Waals surface area contributed by atoms with Crippen LogP contribution < -0.4 is 5.32 Å². The van der Waals surface area contributed by atoms with Crippen LogP contribution in [0.3, 0.4) is 0 Å². The van der Waals surface area contributed by atoms with Crippen molar-refractivity contribution in [2.24, 2.45) is 5.92 Å². The molecule has 22 heavy (non-hydrogen) atoms. The lowest BCUT2D eigenvalue weighted by atomic mass is 9.97. The number of carbonyl (C=O) groups excluding carboxylic acids is 2. The van der Waals surface area contributed by atoms with E-state index in [9.17, 15) is 9.59 Å². The first-order chi connectivity index (χ1) is 10.7. The predicted molar refractivity (Wildman–Crippen MR) is 80.5 cm³/mol. The van der Waals surface area contributed by atoms with Crippen LogP contribution >= 0.6 is 0 Å². The van der Waals surface area contributed by atoms with Crippen LogP contribution in [0, 0.1) is 5.92 Å². The Bertz CT molecular complexity index is 689. The number of aromatic nitrogens is 2. The number of likely N-dealkylation sites (tertiary alicyclic amines) is 1. The van der Waals surface area contributed by atoms with Crippen LogP contribution in [-0.2, 0) is 9.53 Å². The number of ether oxygens (including phenoxy) is 1. The first-order valence-corrected chi connectivity index (χ1v) is 7.25. The average Bonchev–Trinajstić information content (AvgIpc) is 2.97. The highest BCUT2D eigenvalue weighted by Gasteiger charge is 2.28. The van der Waals surface area contributed by atoms with Gasteiger partial charge in [-0.05, 0) is 25.0 Å². The van der Waals surface area contributed by atoms with Crippen LogP contribution in [0.2, 0.25) is 0 Å². The molecule has 0 spiro atoms. The largest absolute Gasteiger partial charge is 0.469 e. The summed E-state index contributed by atoms with van der Waals surface area (Å²) in [5.74, 6) is 0.336. The van der Waals surface area contributed by atoms with Gasteiger partial charge in [0.05, 0.1) is 19.2 Å². The molecule has 0 saturated carbocycles. The Morgan fingerprint density at radius 1 is 1.32 bits per heavy atom. The molecular weight excluding hydrogens is 284 g/mol. The first-order valence-electron chi connectivity index (χ1n) is 7.25. The quantitative estimate of drug-likeness (QED) is 0.858. The van der Waals surface area contributed by atoms with Crippen LogP contribution in [0.25, 0.3) is 5.65 Å². The van der Waals surface area contributed by atoms with E-state index < -0.39 is 0 Å². The fourth-order valence-corrected chi connectivity index (χ4v) is 2.70. The highest BCUT2D eigenvalue weighted by Crippen LogP contribution is 2.19. The molecule has 1 fully saturated rings. The van der Waals surface area contributed by atoms with E-state index in [0.717, 1.165) is 5.65 Å². The number of hydrogen-bond donors (Lipinski definition) is 1. The Morgan fingerprint density at radius 3 is 2.82 bits per heavy atom. The molecule has 0 aromatic carbocycles. The van der Waals surface area contributed by atoms with E-state index >= 15 is 0 Å². The number of fused-ring (bicyclic) bond motifs is 1. The summed E-state index contributed by atoms with van der Waals surface area (Å²) in [5, 5.41) is 2.86. The van der Waals surface area contributed by atoms with Gasteiger partial charge in [-0.15, -0.1) is 0 Å². The minimum Gasteiger partial charge on any atom is -0.469 e. The maximum absolute atomic E-state index is 12.3. The van der Waals surface area contributed by atoms with Gasteiger partial charge in [-0.1, -0.05) is 6.07 Å². The monoisotopic (exact) mass is 302 g/mol. The van der Waals surface area contributed by atoms with E-state index in [2.05, 4.69) is 10.3 Å². The van der Waals surface area contributed by atoms with Crippen LogP contribution in [0.1, 0.15) is 12.8 Å². The maximum Gasteiger partial charge on any atom is 0.323 e. The Kier molecular flexibility index (Phi) is 3.95. The third-order valence-electron chi connectivity index (χ3n) is 3.97. The van der Waals surface area contributed by atoms with Crippen molar-refractivity contribution in [2.45, 2.75) is 12.8 Å². The third kappa shape index (κ3) is 2.74. The van der Waals surface area contributed by atoms with E-state index in [4.69, 9.17) is 4.74 Å². The van der Waals surface area contributed by atoms with E-state index in [1.54, 1.807) is 11.1 Å². The molecule has 0 aliphatic carbocycles. The average molecular weight is 302 g/mol. The van der Waals surface area contributed by atoms with Gasteiger partial charge < -0.3 is 9.64 Å². The van der Waals surface area contributed by atoms with Gasteiger partial charge in [-0.25, -0.2) is 9.78 Å². The predicted octanol–water partition coefficient (Wildman–Crippen LogP) is 1.75. The van der Waals surface area contributed by atoms with Crippen molar-refractivity contribution >= 4 is 23.5 Å². The summed E-state index contributed by atoms with van der Waals surface area (Å²) in [5.41, 5.74) is 0.780. The van der Waals surface area contributed by atoms with Crippen molar-refractivity contribution < 1.29 is 14.3 Å². The van der Waals surface area contributed by atoms with Gasteiger partial charge in [0.1, 0.15) is 11.5 Å². The normalized spacial score (nSPS) is 15.8. The molecule has 2 aromatic heterocycles. The Hall–Kier alpha value is -2.57. The molecule has 0 radical (unpaired) electrons. The van der Waals surface area contributed by atoms with Crippen molar-refractivity contribution in [3.8, 4) is 0 Å². The molecular formula is C15H18N4O3. The number of nitrogens with one attached hydrogen (secondary N) is 1. The zero-order chi connectivity index (χ0) is 15.5. The molecule has 3 rings (SSSR count). The van der Waals surface area contributed by atoms with Crippen LogP contribution in [0.4, 0.5) is 10.6 Å². The lowest BCUT2D eigenvalue weighted by Gasteiger charge is -2.30. The number of esters is 1. The smallest absolute Gasteiger partial charge is 0.323 e. The lowest BCUT2D eigenvalue weighted by Crippen LogP contribution is -2.42. The second-order valence-corrected chi connectivity index (χ2v) is 5.29. The number of amides is 2. The number of pyridine rings is 1. The number of imidazole rings is 1. The van der Waals surface area contributed by atoms with Crippen LogP contribution in [0.5, 0.6) is 0 Å². The molecule has 116 valence electrons. The molecule has 3 heterocycles. The van der Waals surface area contributed by atoms with Gasteiger partial charge in [0.2, 0.25) is 0 Å². The fourth-order valence-electron chi connectivity index (χ4n) is 2.70. The number of piperidine rings is 1. The van der Waals surface area contributed by atoms with E-state index in [0.29, 0.717) is 31.7 Å². The number of carbonyl (C=O) groups is 2. The number of hydrogen-bond acceptors (Lipinski definition) is 4. The number of nitrogens with zero attached hydrogens (tertiary/aromatic N) is 3. The zero-order valence-electron chi connectivity index (χ0n) is 12.4. The summed E-state index contributed by atoms with van der Waals surface area (Å²) in [7, 11) is 1.39. The minimum absolute atomic E-state index is 0.107. The highest BCUT2D eigenvalue weighted by molar-refractivity contribution is 5.89. The SMILES string of the molecule is COC(=O)C1CCN(C(=O)Nc2cnc3ccccn23)CC1. The van der Waals surface area contributed by atoms with Crippen LogP contribution in [0.15, 0.2) is 30.6 Å². The number of rotatable bonds is 2. The number of urea groups is 1. The fraction of sp³-hybridized carbons (Fsp3) is 0.400. The Labute approximate surface area is 127 Å². The van der Waals surface area contributed by atoms with Crippen molar-refractivity contribution in [1.29, 1.82) is 0 Å². The lowest BCUT2D eigenvalue weighted by molar-refractivity contribution is -0.146. The molecule has 0 bridgehead atoms. The molecule has 1 aliphatic heterocycles. The van der Waals surface area contributed by atoms with Crippen molar-refractivity contribution in [3.05, 3.63) is 30.6 Å². The molecule has 0 unspecified atom stereocenters. The van der Waals surface area contributed by atoms with E-state index in [1.165, 1.54) is 7.11 Å².